The van der Waals surface area contributed by atoms with Crippen LogP contribution in [0.15, 0.2) is 23.3 Å². The summed E-state index contributed by atoms with van der Waals surface area (Å²) in [7, 11) is 1.79. The van der Waals surface area contributed by atoms with Gasteiger partial charge in [0.1, 0.15) is 24.5 Å². The van der Waals surface area contributed by atoms with Crippen LogP contribution in [0.3, 0.4) is 0 Å². The van der Waals surface area contributed by atoms with Crippen molar-refractivity contribution in [3.8, 4) is 11.5 Å². The molecular formula is C28H36NO4+. The monoisotopic (exact) mass is 450 g/mol. The van der Waals surface area contributed by atoms with E-state index in [2.05, 4.69) is 37.6 Å². The minimum Gasteiger partial charge on any atom is -0.504 e. The molecule has 2 unspecified atom stereocenters. The first kappa shape index (κ1) is 20.5. The Balaban J connectivity index is 1.53. The van der Waals surface area contributed by atoms with Crippen molar-refractivity contribution in [1.82, 2.24) is 0 Å². The molecule has 1 aromatic carbocycles. The summed E-state index contributed by atoms with van der Waals surface area (Å²) in [5, 5.41) is 22.9. The lowest BCUT2D eigenvalue weighted by Crippen LogP contribution is -2.78. The number of ether oxygens (including phenoxy) is 2. The molecular weight excluding hydrogens is 414 g/mol. The number of hydrogen-bond acceptors (Lipinski definition) is 4. The first-order valence-electron chi connectivity index (χ1n) is 12.7. The van der Waals surface area contributed by atoms with E-state index in [1.807, 2.05) is 6.92 Å². The van der Waals surface area contributed by atoms with Crippen molar-refractivity contribution >= 4 is 6.21 Å². The Bertz CT molecular complexity index is 1150. The Morgan fingerprint density at radius 2 is 1.97 bits per heavy atom. The molecule has 0 aromatic heterocycles. The fraction of sp³-hybridized carbons (Fsp3) is 0.679. The zero-order chi connectivity index (χ0) is 23.1. The smallest absolute Gasteiger partial charge is 0.179 e. The molecule has 1 aromatic rings. The summed E-state index contributed by atoms with van der Waals surface area (Å²) in [5.74, 6) is 1.49. The van der Waals surface area contributed by atoms with Gasteiger partial charge in [0.15, 0.2) is 17.5 Å². The second kappa shape index (κ2) is 5.85. The highest BCUT2D eigenvalue weighted by Crippen LogP contribution is 2.73. The van der Waals surface area contributed by atoms with Crippen molar-refractivity contribution in [3.63, 3.8) is 0 Å². The number of benzene rings is 1. The van der Waals surface area contributed by atoms with E-state index in [1.54, 1.807) is 13.2 Å². The first-order chi connectivity index (χ1) is 15.6. The summed E-state index contributed by atoms with van der Waals surface area (Å²) < 4.78 is 15.8. The van der Waals surface area contributed by atoms with Crippen LogP contribution in [0, 0.1) is 17.3 Å². The Morgan fingerprint density at radius 1 is 1.21 bits per heavy atom. The summed E-state index contributed by atoms with van der Waals surface area (Å²) >= 11 is 0. The van der Waals surface area contributed by atoms with Gasteiger partial charge in [0, 0.05) is 49.3 Å². The molecule has 176 valence electrons. The first-order valence-corrected chi connectivity index (χ1v) is 12.7. The minimum atomic E-state index is -0.953. The van der Waals surface area contributed by atoms with Crippen molar-refractivity contribution in [2.45, 2.75) is 88.6 Å². The van der Waals surface area contributed by atoms with Crippen LogP contribution in [0.25, 0.3) is 0 Å². The zero-order valence-corrected chi connectivity index (χ0v) is 20.4. The van der Waals surface area contributed by atoms with Crippen LogP contribution in [-0.2, 0) is 16.6 Å². The summed E-state index contributed by atoms with van der Waals surface area (Å²) in [6.07, 6.45) is 7.58. The molecule has 2 aliphatic heterocycles. The SMILES string of the molecule is CO[C@@]12CC(=C3C4Cc5ccc(O)c6c5[C@@]3(CC/[N+]4=C\C3CC3)[C@H]1O6)[C@@H]2C(C)(O)C(C)(C)C. The molecule has 2 saturated carbocycles. The summed E-state index contributed by atoms with van der Waals surface area (Å²) in [6, 6.07) is 4.22. The van der Waals surface area contributed by atoms with Crippen LogP contribution in [0.1, 0.15) is 64.5 Å². The average Bonchev–Trinajstić information content (AvgIpc) is 3.47. The van der Waals surface area contributed by atoms with Gasteiger partial charge in [0.05, 0.1) is 11.0 Å². The van der Waals surface area contributed by atoms with Gasteiger partial charge in [-0.15, -0.1) is 0 Å². The average molecular weight is 451 g/mol. The second-order valence-corrected chi connectivity index (χ2v) is 12.7. The van der Waals surface area contributed by atoms with Crippen molar-refractivity contribution < 1.29 is 24.3 Å². The lowest BCUT2D eigenvalue weighted by molar-refractivity contribution is -0.568. The van der Waals surface area contributed by atoms with Crippen LogP contribution < -0.4 is 4.74 Å². The number of aromatic hydroxyl groups is 1. The maximum Gasteiger partial charge on any atom is 0.179 e. The zero-order valence-electron chi connectivity index (χ0n) is 20.4. The summed E-state index contributed by atoms with van der Waals surface area (Å²) in [4.78, 5) is 0. The largest absolute Gasteiger partial charge is 0.504 e. The second-order valence-electron chi connectivity index (χ2n) is 12.7. The van der Waals surface area contributed by atoms with Crippen molar-refractivity contribution in [2.24, 2.45) is 17.3 Å². The Kier molecular flexibility index (Phi) is 3.64. The highest BCUT2D eigenvalue weighted by molar-refractivity contribution is 5.70. The number of rotatable bonds is 3. The van der Waals surface area contributed by atoms with Gasteiger partial charge in [-0.25, -0.2) is 4.58 Å². The third kappa shape index (κ3) is 2.16. The number of phenolic OH excluding ortho intramolecular Hbond substituents is 1. The number of nitrogens with zero attached hydrogens (tertiary/aromatic N) is 1. The van der Waals surface area contributed by atoms with Crippen LogP contribution >= 0.6 is 0 Å². The highest BCUT2D eigenvalue weighted by atomic mass is 16.6. The maximum absolute atomic E-state index is 12.0. The van der Waals surface area contributed by atoms with Crippen LogP contribution in [0.5, 0.6) is 11.5 Å². The quantitative estimate of drug-likeness (QED) is 0.544. The number of phenols is 1. The molecule has 33 heavy (non-hydrogen) atoms. The lowest BCUT2D eigenvalue weighted by Gasteiger charge is -2.68. The van der Waals surface area contributed by atoms with E-state index in [9.17, 15) is 10.2 Å². The lowest BCUT2D eigenvalue weighted by atomic mass is 9.39. The summed E-state index contributed by atoms with van der Waals surface area (Å²) in [6.45, 7) is 9.35. The number of aliphatic hydroxyl groups is 1. The molecule has 3 fully saturated rings. The van der Waals surface area contributed by atoms with Gasteiger partial charge in [-0.2, -0.15) is 0 Å². The van der Waals surface area contributed by atoms with Gasteiger partial charge in [0.2, 0.25) is 0 Å². The molecule has 2 N–H and O–H groups in total. The number of methoxy groups -OCH3 is 1. The van der Waals surface area contributed by atoms with Crippen LogP contribution in [0.4, 0.5) is 0 Å². The van der Waals surface area contributed by atoms with Gasteiger partial charge in [-0.1, -0.05) is 32.4 Å². The Morgan fingerprint density at radius 3 is 2.64 bits per heavy atom. The van der Waals surface area contributed by atoms with Gasteiger partial charge < -0.3 is 19.7 Å². The standard InChI is InChI=1S/C28H35NO4/c1-25(2,3)26(4,31)23-17-13-28(23,32-5)24-27-10-11-29(14-15-6-7-15)18(21(17)27)12-16-8-9-19(30)22(33-24)20(16)27/h8-9,14-15,18,23-24,31H,6-7,10-13H2,1-5H3/p+1/b29-14+/t18?,23-,24-,26?,27-,28-/m1/s1. The molecule has 0 amide bonds. The maximum atomic E-state index is 12.0. The van der Waals surface area contributed by atoms with E-state index < -0.39 is 11.2 Å². The molecule has 5 nitrogen and oxygen atoms in total. The minimum absolute atomic E-state index is 0.121. The number of piperidine rings is 1. The van der Waals surface area contributed by atoms with E-state index in [-0.39, 0.29) is 28.6 Å². The highest BCUT2D eigenvalue weighted by Gasteiger charge is 2.79. The molecule has 0 radical (unpaired) electrons. The van der Waals surface area contributed by atoms with Gasteiger partial charge in [-0.05, 0) is 36.8 Å². The van der Waals surface area contributed by atoms with E-state index in [1.165, 1.54) is 35.1 Å². The topological polar surface area (TPSA) is 61.9 Å². The van der Waals surface area contributed by atoms with Crippen LogP contribution in [-0.4, -0.2) is 58.0 Å². The number of hydrogen-bond donors (Lipinski definition) is 2. The van der Waals surface area contributed by atoms with Crippen molar-refractivity contribution in [3.05, 3.63) is 34.4 Å². The van der Waals surface area contributed by atoms with Gasteiger partial charge >= 0.3 is 0 Å². The third-order valence-electron chi connectivity index (χ3n) is 10.3. The van der Waals surface area contributed by atoms with Crippen molar-refractivity contribution in [1.29, 1.82) is 0 Å². The predicted octanol–water partition coefficient (Wildman–Crippen LogP) is 3.73. The molecule has 1 saturated heterocycles. The van der Waals surface area contributed by atoms with Gasteiger partial charge in [0.25, 0.3) is 0 Å². The molecule has 7 aliphatic rings. The van der Waals surface area contributed by atoms with E-state index in [0.717, 1.165) is 25.8 Å². The summed E-state index contributed by atoms with van der Waals surface area (Å²) in [5.41, 5.74) is 3.25. The van der Waals surface area contributed by atoms with Crippen molar-refractivity contribution in [2.75, 3.05) is 13.7 Å². The van der Waals surface area contributed by atoms with E-state index in [4.69, 9.17) is 9.47 Å². The molecule has 4 bridgehead atoms. The third-order valence-corrected chi connectivity index (χ3v) is 10.3. The van der Waals surface area contributed by atoms with Crippen LogP contribution in [0.2, 0.25) is 0 Å². The molecule has 5 aliphatic carbocycles. The normalized spacial score (nSPS) is 40.8. The van der Waals surface area contributed by atoms with Gasteiger partial charge in [-0.3, -0.25) is 0 Å². The molecule has 6 atom stereocenters. The molecule has 8 rings (SSSR count). The predicted molar refractivity (Wildman–Crippen MR) is 125 cm³/mol. The fourth-order valence-electron chi connectivity index (χ4n) is 8.18. The Labute approximate surface area is 196 Å². The van der Waals surface area contributed by atoms with E-state index >= 15 is 0 Å². The molecule has 1 spiro atoms. The molecule has 5 heteroatoms. The van der Waals surface area contributed by atoms with E-state index in [0.29, 0.717) is 17.7 Å². The molecule has 2 heterocycles. The fourth-order valence-corrected chi connectivity index (χ4v) is 8.18. The Hall–Kier alpha value is -1.85.